The van der Waals surface area contributed by atoms with E-state index in [1.54, 1.807) is 20.3 Å². The number of ether oxygens (including phenoxy) is 2. The normalized spacial score (nSPS) is 14.3. The summed E-state index contributed by atoms with van der Waals surface area (Å²) in [6.07, 6.45) is 3.15. The lowest BCUT2D eigenvalue weighted by atomic mass is 10.0. The van der Waals surface area contributed by atoms with Crippen LogP contribution in [0.3, 0.4) is 0 Å². The zero-order chi connectivity index (χ0) is 21.3. The van der Waals surface area contributed by atoms with Crippen molar-refractivity contribution in [3.8, 4) is 11.5 Å². The van der Waals surface area contributed by atoms with Crippen molar-refractivity contribution in [3.63, 3.8) is 0 Å². The largest absolute Gasteiger partial charge is 0.493 e. The Labute approximate surface area is 178 Å². The number of nitrogens with zero attached hydrogens (tertiary/aromatic N) is 1. The van der Waals surface area contributed by atoms with Gasteiger partial charge in [-0.25, -0.2) is 0 Å². The van der Waals surface area contributed by atoms with Crippen LogP contribution in [0.4, 0.5) is 0 Å². The standard InChI is InChI=1S/C24H30N2O4/c1-29-21-10-8-19(16-22(21)30-2)17-23(27)25-20-12-14-26(15-13-20)24(28)11-9-18-6-4-3-5-7-18/h3-8,10,16,20H,9,11-15,17H2,1-2H3,(H,25,27). The van der Waals surface area contributed by atoms with Crippen molar-refractivity contribution in [3.05, 3.63) is 59.7 Å². The molecule has 30 heavy (non-hydrogen) atoms. The number of rotatable bonds is 8. The van der Waals surface area contributed by atoms with E-state index in [1.165, 1.54) is 5.56 Å². The number of aryl methyl sites for hydroxylation is 1. The smallest absolute Gasteiger partial charge is 0.224 e. The summed E-state index contributed by atoms with van der Waals surface area (Å²) < 4.78 is 10.5. The lowest BCUT2D eigenvalue weighted by molar-refractivity contribution is -0.132. The maximum absolute atomic E-state index is 12.5. The zero-order valence-corrected chi connectivity index (χ0v) is 17.7. The molecular formula is C24H30N2O4. The molecule has 1 heterocycles. The maximum Gasteiger partial charge on any atom is 0.224 e. The lowest BCUT2D eigenvalue weighted by Gasteiger charge is -2.32. The Morgan fingerprint density at radius 2 is 1.67 bits per heavy atom. The van der Waals surface area contributed by atoms with Crippen LogP contribution in [0.25, 0.3) is 0 Å². The summed E-state index contributed by atoms with van der Waals surface area (Å²) in [5.74, 6) is 1.43. The highest BCUT2D eigenvalue weighted by molar-refractivity contribution is 5.79. The SMILES string of the molecule is COc1ccc(CC(=O)NC2CCN(C(=O)CCc3ccccc3)CC2)cc1OC. The van der Waals surface area contributed by atoms with Gasteiger partial charge in [0.2, 0.25) is 11.8 Å². The molecule has 0 aromatic heterocycles. The highest BCUT2D eigenvalue weighted by atomic mass is 16.5. The Bertz CT molecular complexity index is 846. The monoisotopic (exact) mass is 410 g/mol. The third-order valence-corrected chi connectivity index (χ3v) is 5.50. The second-order valence-electron chi connectivity index (χ2n) is 7.57. The molecule has 1 saturated heterocycles. The van der Waals surface area contributed by atoms with E-state index in [4.69, 9.17) is 9.47 Å². The van der Waals surface area contributed by atoms with Gasteiger partial charge in [-0.2, -0.15) is 0 Å². The number of carbonyl (C=O) groups excluding carboxylic acids is 2. The van der Waals surface area contributed by atoms with Gasteiger partial charge < -0.3 is 19.7 Å². The van der Waals surface area contributed by atoms with Gasteiger partial charge in [-0.3, -0.25) is 9.59 Å². The van der Waals surface area contributed by atoms with E-state index in [-0.39, 0.29) is 24.3 Å². The lowest BCUT2D eigenvalue weighted by Crippen LogP contribution is -2.46. The topological polar surface area (TPSA) is 67.9 Å². The van der Waals surface area contributed by atoms with Gasteiger partial charge >= 0.3 is 0 Å². The van der Waals surface area contributed by atoms with Gasteiger partial charge in [0.25, 0.3) is 0 Å². The molecule has 2 amide bonds. The van der Waals surface area contributed by atoms with E-state index >= 15 is 0 Å². The summed E-state index contributed by atoms with van der Waals surface area (Å²) in [5.41, 5.74) is 2.06. The highest BCUT2D eigenvalue weighted by Crippen LogP contribution is 2.27. The number of benzene rings is 2. The summed E-state index contributed by atoms with van der Waals surface area (Å²) in [5, 5.41) is 3.10. The molecule has 1 aliphatic heterocycles. The van der Waals surface area contributed by atoms with E-state index < -0.39 is 0 Å². The minimum Gasteiger partial charge on any atom is -0.493 e. The van der Waals surface area contributed by atoms with Gasteiger partial charge in [0.15, 0.2) is 11.5 Å². The van der Waals surface area contributed by atoms with Crippen LogP contribution in [0.15, 0.2) is 48.5 Å². The average Bonchev–Trinajstić information content (AvgIpc) is 2.78. The molecule has 0 bridgehead atoms. The fraction of sp³-hybridized carbons (Fsp3) is 0.417. The van der Waals surface area contributed by atoms with E-state index in [2.05, 4.69) is 5.32 Å². The van der Waals surface area contributed by atoms with E-state index in [0.29, 0.717) is 31.0 Å². The van der Waals surface area contributed by atoms with Crippen LogP contribution in [0.1, 0.15) is 30.4 Å². The summed E-state index contributed by atoms with van der Waals surface area (Å²) >= 11 is 0. The first-order chi connectivity index (χ1) is 14.6. The summed E-state index contributed by atoms with van der Waals surface area (Å²) in [6.45, 7) is 1.38. The predicted octanol–water partition coefficient (Wildman–Crippen LogP) is 2.99. The fourth-order valence-electron chi connectivity index (χ4n) is 3.78. The summed E-state index contributed by atoms with van der Waals surface area (Å²) in [4.78, 5) is 26.8. The number of piperidine rings is 1. The van der Waals surface area contributed by atoms with Crippen LogP contribution < -0.4 is 14.8 Å². The first-order valence-electron chi connectivity index (χ1n) is 10.4. The number of methoxy groups -OCH3 is 2. The molecule has 3 rings (SSSR count). The van der Waals surface area contributed by atoms with Crippen molar-refractivity contribution in [1.82, 2.24) is 10.2 Å². The maximum atomic E-state index is 12.5. The Morgan fingerprint density at radius 3 is 2.33 bits per heavy atom. The summed E-state index contributed by atoms with van der Waals surface area (Å²) in [7, 11) is 3.17. The molecule has 1 N–H and O–H groups in total. The number of nitrogens with one attached hydrogen (secondary N) is 1. The number of likely N-dealkylation sites (tertiary alicyclic amines) is 1. The van der Waals surface area contributed by atoms with Crippen molar-refractivity contribution < 1.29 is 19.1 Å². The minimum atomic E-state index is -0.0175. The van der Waals surface area contributed by atoms with E-state index in [0.717, 1.165) is 24.8 Å². The molecule has 2 aromatic rings. The molecule has 1 fully saturated rings. The molecule has 0 radical (unpaired) electrons. The molecule has 0 saturated carbocycles. The number of hydrogen-bond donors (Lipinski definition) is 1. The molecule has 160 valence electrons. The molecule has 2 aromatic carbocycles. The predicted molar refractivity (Wildman–Crippen MR) is 116 cm³/mol. The Kier molecular flexibility index (Phi) is 7.71. The van der Waals surface area contributed by atoms with Crippen molar-refractivity contribution in [2.75, 3.05) is 27.3 Å². The molecule has 0 aliphatic carbocycles. The van der Waals surface area contributed by atoms with E-state index in [1.807, 2.05) is 47.4 Å². The van der Waals surface area contributed by atoms with Gasteiger partial charge in [-0.05, 0) is 42.5 Å². The van der Waals surface area contributed by atoms with Crippen LogP contribution >= 0.6 is 0 Å². The minimum absolute atomic E-state index is 0.0175. The molecule has 0 unspecified atom stereocenters. The van der Waals surface area contributed by atoms with Crippen LogP contribution in [-0.2, 0) is 22.4 Å². The highest BCUT2D eigenvalue weighted by Gasteiger charge is 2.23. The van der Waals surface area contributed by atoms with Gasteiger partial charge in [-0.15, -0.1) is 0 Å². The number of hydrogen-bond acceptors (Lipinski definition) is 4. The third-order valence-electron chi connectivity index (χ3n) is 5.50. The Balaban J connectivity index is 1.42. The average molecular weight is 411 g/mol. The second kappa shape index (κ2) is 10.7. The van der Waals surface area contributed by atoms with Crippen molar-refractivity contribution in [1.29, 1.82) is 0 Å². The molecule has 6 nitrogen and oxygen atoms in total. The van der Waals surface area contributed by atoms with Gasteiger partial charge in [0, 0.05) is 25.6 Å². The van der Waals surface area contributed by atoms with Crippen LogP contribution in [-0.4, -0.2) is 50.1 Å². The van der Waals surface area contributed by atoms with Crippen molar-refractivity contribution in [2.45, 2.75) is 38.1 Å². The fourth-order valence-corrected chi connectivity index (χ4v) is 3.78. The molecular weight excluding hydrogens is 380 g/mol. The van der Waals surface area contributed by atoms with Crippen LogP contribution in [0.5, 0.6) is 11.5 Å². The quantitative estimate of drug-likeness (QED) is 0.727. The molecule has 0 atom stereocenters. The molecule has 0 spiro atoms. The first kappa shape index (κ1) is 21.7. The van der Waals surface area contributed by atoms with Crippen LogP contribution in [0.2, 0.25) is 0 Å². The summed E-state index contributed by atoms with van der Waals surface area (Å²) in [6, 6.07) is 15.7. The first-order valence-corrected chi connectivity index (χ1v) is 10.4. The zero-order valence-electron chi connectivity index (χ0n) is 17.7. The Morgan fingerprint density at radius 1 is 0.967 bits per heavy atom. The van der Waals surface area contributed by atoms with Crippen LogP contribution in [0, 0.1) is 0 Å². The number of carbonyl (C=O) groups is 2. The molecule has 6 heteroatoms. The van der Waals surface area contributed by atoms with E-state index in [9.17, 15) is 9.59 Å². The third kappa shape index (κ3) is 5.99. The van der Waals surface area contributed by atoms with Gasteiger partial charge in [0.05, 0.1) is 20.6 Å². The second-order valence-corrected chi connectivity index (χ2v) is 7.57. The number of amides is 2. The molecule has 1 aliphatic rings. The van der Waals surface area contributed by atoms with Gasteiger partial charge in [0.1, 0.15) is 0 Å². The van der Waals surface area contributed by atoms with Crippen molar-refractivity contribution >= 4 is 11.8 Å². The van der Waals surface area contributed by atoms with Crippen molar-refractivity contribution in [2.24, 2.45) is 0 Å². The Hall–Kier alpha value is -3.02. The van der Waals surface area contributed by atoms with Gasteiger partial charge in [-0.1, -0.05) is 36.4 Å².